The first kappa shape index (κ1) is 17.9. The number of carbonyl (C=O) groups excluding carboxylic acids is 1. The average Bonchev–Trinajstić information content (AvgIpc) is 3.37. The largest absolute Gasteiger partial charge is 0.344 e. The lowest BCUT2D eigenvalue weighted by Crippen LogP contribution is -2.23. The molecule has 9 nitrogen and oxygen atoms in total. The Balaban J connectivity index is 1.42. The van der Waals surface area contributed by atoms with Crippen molar-refractivity contribution < 1.29 is 4.79 Å². The lowest BCUT2D eigenvalue weighted by Gasteiger charge is -2.03. The number of aromatic nitrogens is 7. The van der Waals surface area contributed by atoms with Gasteiger partial charge in [0.25, 0.3) is 5.91 Å². The molecule has 1 aromatic carbocycles. The van der Waals surface area contributed by atoms with Crippen LogP contribution in [-0.4, -0.2) is 41.1 Å². The second-order valence-electron chi connectivity index (χ2n) is 6.02. The minimum absolute atomic E-state index is 0.189. The van der Waals surface area contributed by atoms with Crippen LogP contribution in [0.1, 0.15) is 26.9 Å². The number of hydrogen-bond donors (Lipinski definition) is 1. The summed E-state index contributed by atoms with van der Waals surface area (Å²) < 4.78 is 1.44. The summed E-state index contributed by atoms with van der Waals surface area (Å²) in [5.41, 5.74) is 2.70. The van der Waals surface area contributed by atoms with Gasteiger partial charge in [0, 0.05) is 5.56 Å². The Morgan fingerprint density at radius 1 is 1.14 bits per heavy atom. The van der Waals surface area contributed by atoms with E-state index in [2.05, 4.69) is 35.8 Å². The molecule has 140 valence electrons. The predicted octanol–water partition coefficient (Wildman–Crippen LogP) is 2.12. The third kappa shape index (κ3) is 3.76. The van der Waals surface area contributed by atoms with Crippen molar-refractivity contribution in [3.8, 4) is 16.4 Å². The highest BCUT2D eigenvalue weighted by Crippen LogP contribution is 2.22. The lowest BCUT2D eigenvalue weighted by molar-refractivity contribution is 0.0945. The van der Waals surface area contributed by atoms with Crippen LogP contribution in [0.25, 0.3) is 16.4 Å². The van der Waals surface area contributed by atoms with Gasteiger partial charge >= 0.3 is 0 Å². The van der Waals surface area contributed by atoms with Crippen LogP contribution in [0, 0.1) is 13.8 Å². The molecule has 0 fully saturated rings. The van der Waals surface area contributed by atoms with E-state index >= 15 is 0 Å². The van der Waals surface area contributed by atoms with Crippen LogP contribution in [0.3, 0.4) is 0 Å². The van der Waals surface area contributed by atoms with Gasteiger partial charge in [-0.3, -0.25) is 9.78 Å². The van der Waals surface area contributed by atoms with Gasteiger partial charge in [0.2, 0.25) is 0 Å². The lowest BCUT2D eigenvalue weighted by atomic mass is 10.2. The molecule has 0 radical (unpaired) electrons. The fraction of sp³-hybridized carbons (Fsp3) is 0.167. The van der Waals surface area contributed by atoms with Gasteiger partial charge in [0.15, 0.2) is 11.5 Å². The summed E-state index contributed by atoms with van der Waals surface area (Å²) in [4.78, 5) is 21.0. The van der Waals surface area contributed by atoms with E-state index in [4.69, 9.17) is 0 Å². The Morgan fingerprint density at radius 3 is 2.75 bits per heavy atom. The normalized spacial score (nSPS) is 10.8. The Bertz CT molecular complexity index is 1120. The van der Waals surface area contributed by atoms with Gasteiger partial charge in [0.05, 0.1) is 30.3 Å². The molecule has 28 heavy (non-hydrogen) atoms. The Labute approximate surface area is 164 Å². The minimum Gasteiger partial charge on any atom is -0.344 e. The second kappa shape index (κ2) is 7.61. The van der Waals surface area contributed by atoms with Crippen LogP contribution < -0.4 is 5.32 Å². The molecule has 0 aliphatic rings. The van der Waals surface area contributed by atoms with E-state index in [0.29, 0.717) is 16.5 Å². The standard InChI is InChI=1S/C18H16N8OS/c1-11-8-19-16(12(2)21-11)26-10-14(22-25-26)17(27)20-9-15-23-24-18(28-15)13-6-4-3-5-7-13/h3-8,10H,9H2,1-2H3,(H,20,27). The highest BCUT2D eigenvalue weighted by molar-refractivity contribution is 7.14. The Kier molecular flexibility index (Phi) is 4.85. The van der Waals surface area contributed by atoms with E-state index in [0.717, 1.165) is 16.3 Å². The van der Waals surface area contributed by atoms with Crippen LogP contribution in [0.15, 0.2) is 42.7 Å². The molecule has 10 heteroatoms. The highest BCUT2D eigenvalue weighted by atomic mass is 32.1. The number of nitrogens with one attached hydrogen (secondary N) is 1. The van der Waals surface area contributed by atoms with Crippen molar-refractivity contribution in [2.75, 3.05) is 0 Å². The van der Waals surface area contributed by atoms with Crippen LogP contribution in [0.4, 0.5) is 0 Å². The molecular weight excluding hydrogens is 376 g/mol. The number of rotatable bonds is 5. The monoisotopic (exact) mass is 392 g/mol. The van der Waals surface area contributed by atoms with Crippen molar-refractivity contribution in [3.63, 3.8) is 0 Å². The van der Waals surface area contributed by atoms with E-state index in [1.165, 1.54) is 22.2 Å². The number of amides is 1. The van der Waals surface area contributed by atoms with Crippen molar-refractivity contribution in [1.82, 2.24) is 40.5 Å². The van der Waals surface area contributed by atoms with E-state index in [1.54, 1.807) is 6.20 Å². The minimum atomic E-state index is -0.347. The number of nitrogens with zero attached hydrogens (tertiary/aromatic N) is 7. The fourth-order valence-corrected chi connectivity index (χ4v) is 3.34. The summed E-state index contributed by atoms with van der Waals surface area (Å²) >= 11 is 1.43. The number of hydrogen-bond acceptors (Lipinski definition) is 8. The van der Waals surface area contributed by atoms with Gasteiger partial charge in [-0.25, -0.2) is 4.98 Å². The van der Waals surface area contributed by atoms with Gasteiger partial charge < -0.3 is 5.32 Å². The molecule has 1 N–H and O–H groups in total. The van der Waals surface area contributed by atoms with E-state index < -0.39 is 0 Å². The highest BCUT2D eigenvalue weighted by Gasteiger charge is 2.15. The molecule has 0 bridgehead atoms. The maximum absolute atomic E-state index is 12.4. The quantitative estimate of drug-likeness (QED) is 0.554. The van der Waals surface area contributed by atoms with Crippen LogP contribution in [0.2, 0.25) is 0 Å². The summed E-state index contributed by atoms with van der Waals surface area (Å²) in [5.74, 6) is 0.189. The zero-order valence-corrected chi connectivity index (χ0v) is 16.0. The third-order valence-electron chi connectivity index (χ3n) is 3.87. The van der Waals surface area contributed by atoms with Crippen molar-refractivity contribution in [2.24, 2.45) is 0 Å². The molecule has 0 aliphatic heterocycles. The molecule has 3 heterocycles. The average molecular weight is 392 g/mol. The predicted molar refractivity (Wildman–Crippen MR) is 103 cm³/mol. The first-order valence-electron chi connectivity index (χ1n) is 8.49. The van der Waals surface area contributed by atoms with Crippen molar-refractivity contribution in [2.45, 2.75) is 20.4 Å². The number of carbonyl (C=O) groups is 1. The zero-order valence-electron chi connectivity index (χ0n) is 15.2. The molecule has 0 atom stereocenters. The van der Waals surface area contributed by atoms with Gasteiger partial charge in [0.1, 0.15) is 10.0 Å². The molecule has 0 spiro atoms. The summed E-state index contributed by atoms with van der Waals surface area (Å²) in [6.07, 6.45) is 3.17. The molecule has 3 aromatic heterocycles. The van der Waals surface area contributed by atoms with Gasteiger partial charge in [-0.15, -0.1) is 15.3 Å². The number of aryl methyl sites for hydroxylation is 2. The van der Waals surface area contributed by atoms with Crippen LogP contribution in [0.5, 0.6) is 0 Å². The van der Waals surface area contributed by atoms with Crippen molar-refractivity contribution in [3.05, 3.63) is 64.8 Å². The molecule has 0 saturated carbocycles. The maximum atomic E-state index is 12.4. The molecular formula is C18H16N8OS. The summed E-state index contributed by atoms with van der Waals surface area (Å²) in [7, 11) is 0. The molecule has 4 aromatic rings. The summed E-state index contributed by atoms with van der Waals surface area (Å²) in [5, 5.41) is 20.5. The first-order chi connectivity index (χ1) is 13.6. The molecule has 0 saturated heterocycles. The van der Waals surface area contributed by atoms with Gasteiger partial charge in [-0.05, 0) is 13.8 Å². The Morgan fingerprint density at radius 2 is 1.96 bits per heavy atom. The zero-order chi connectivity index (χ0) is 19.5. The van der Waals surface area contributed by atoms with Crippen LogP contribution >= 0.6 is 11.3 Å². The summed E-state index contributed by atoms with van der Waals surface area (Å²) in [6, 6.07) is 9.78. The first-order valence-corrected chi connectivity index (χ1v) is 9.31. The molecule has 0 unspecified atom stereocenters. The topological polar surface area (TPSA) is 111 Å². The van der Waals surface area contributed by atoms with Gasteiger partial charge in [-0.2, -0.15) is 4.68 Å². The fourth-order valence-electron chi connectivity index (χ4n) is 2.56. The SMILES string of the molecule is Cc1cnc(-n2cc(C(=O)NCc3nnc(-c4ccccc4)s3)nn2)c(C)n1. The van der Waals surface area contributed by atoms with E-state index in [1.807, 2.05) is 44.2 Å². The van der Waals surface area contributed by atoms with Crippen molar-refractivity contribution in [1.29, 1.82) is 0 Å². The molecule has 4 rings (SSSR count). The van der Waals surface area contributed by atoms with Crippen molar-refractivity contribution >= 4 is 17.2 Å². The third-order valence-corrected chi connectivity index (χ3v) is 4.84. The maximum Gasteiger partial charge on any atom is 0.273 e. The Hall–Kier alpha value is -3.53. The number of benzene rings is 1. The van der Waals surface area contributed by atoms with Gasteiger partial charge in [-0.1, -0.05) is 46.9 Å². The van der Waals surface area contributed by atoms with E-state index in [-0.39, 0.29) is 18.1 Å². The molecule has 1 amide bonds. The smallest absolute Gasteiger partial charge is 0.273 e. The van der Waals surface area contributed by atoms with Crippen LogP contribution in [-0.2, 0) is 6.54 Å². The van der Waals surface area contributed by atoms with E-state index in [9.17, 15) is 4.79 Å². The summed E-state index contributed by atoms with van der Waals surface area (Å²) in [6.45, 7) is 3.96. The molecule has 0 aliphatic carbocycles. The second-order valence-corrected chi connectivity index (χ2v) is 7.08.